The van der Waals surface area contributed by atoms with Gasteiger partial charge in [0.05, 0.1) is 19.3 Å². The van der Waals surface area contributed by atoms with E-state index in [-0.39, 0.29) is 23.2 Å². The minimum absolute atomic E-state index is 0.00286. The molecular formula is C26H37ClO4. The van der Waals surface area contributed by atoms with E-state index in [1.54, 1.807) is 0 Å². The lowest BCUT2D eigenvalue weighted by molar-refractivity contribution is -0.140. The minimum Gasteiger partial charge on any atom is -0.469 e. The van der Waals surface area contributed by atoms with Crippen LogP contribution in [-0.4, -0.2) is 34.8 Å². The van der Waals surface area contributed by atoms with E-state index < -0.39 is 12.2 Å². The molecule has 0 radical (unpaired) electrons. The molecule has 0 heterocycles. The SMILES string of the molecule is COC(=O)CCC/C=C\C[C@@H]1[C@@H](c2ccc(C(O)C3CCCCC3)cc2)[C@H](O)C[C@@H]1Cl. The predicted octanol–water partition coefficient (Wildman–Crippen LogP) is 5.66. The first-order valence-electron chi connectivity index (χ1n) is 11.8. The van der Waals surface area contributed by atoms with Gasteiger partial charge in [0.25, 0.3) is 0 Å². The van der Waals surface area contributed by atoms with Crippen LogP contribution in [-0.2, 0) is 9.53 Å². The fraction of sp³-hybridized carbons (Fsp3) is 0.654. The first-order valence-corrected chi connectivity index (χ1v) is 12.3. The summed E-state index contributed by atoms with van der Waals surface area (Å²) in [5.74, 6) is 0.358. The molecule has 0 spiro atoms. The number of carbonyl (C=O) groups is 1. The Hall–Kier alpha value is -1.36. The molecule has 5 heteroatoms. The van der Waals surface area contributed by atoms with Crippen molar-refractivity contribution >= 4 is 17.6 Å². The number of unbranched alkanes of at least 4 members (excludes halogenated alkanes) is 1. The number of aliphatic hydroxyl groups excluding tert-OH is 2. The molecule has 4 nitrogen and oxygen atoms in total. The molecule has 2 aliphatic carbocycles. The van der Waals surface area contributed by atoms with Crippen LogP contribution in [0.25, 0.3) is 0 Å². The normalized spacial score (nSPS) is 28.1. The topological polar surface area (TPSA) is 66.8 Å². The summed E-state index contributed by atoms with van der Waals surface area (Å²) in [6.07, 6.45) is 12.7. The monoisotopic (exact) mass is 448 g/mol. The number of hydrogen-bond donors (Lipinski definition) is 2. The zero-order chi connectivity index (χ0) is 22.2. The van der Waals surface area contributed by atoms with E-state index in [2.05, 4.69) is 29.0 Å². The molecule has 0 saturated heterocycles. The second-order valence-electron chi connectivity index (χ2n) is 9.19. The predicted molar refractivity (Wildman–Crippen MR) is 124 cm³/mol. The molecule has 0 bridgehead atoms. The number of benzene rings is 1. The Bertz CT molecular complexity index is 711. The molecule has 3 rings (SSSR count). The molecule has 0 amide bonds. The van der Waals surface area contributed by atoms with Crippen molar-refractivity contribution in [1.82, 2.24) is 0 Å². The molecule has 172 valence electrons. The third-order valence-corrected chi connectivity index (χ3v) is 7.62. The van der Waals surface area contributed by atoms with Crippen LogP contribution in [0.5, 0.6) is 0 Å². The number of hydrogen-bond acceptors (Lipinski definition) is 4. The summed E-state index contributed by atoms with van der Waals surface area (Å²) in [7, 11) is 1.41. The van der Waals surface area contributed by atoms with Gasteiger partial charge in [0, 0.05) is 17.7 Å². The number of ether oxygens (including phenoxy) is 1. The van der Waals surface area contributed by atoms with E-state index in [0.717, 1.165) is 43.2 Å². The number of halogens is 1. The van der Waals surface area contributed by atoms with Crippen molar-refractivity contribution in [2.75, 3.05) is 7.11 Å². The van der Waals surface area contributed by atoms with Gasteiger partial charge in [-0.05, 0) is 61.5 Å². The van der Waals surface area contributed by atoms with Gasteiger partial charge in [-0.25, -0.2) is 0 Å². The molecule has 5 atom stereocenters. The largest absolute Gasteiger partial charge is 0.469 e. The number of rotatable bonds is 9. The van der Waals surface area contributed by atoms with Crippen LogP contribution in [0, 0.1) is 11.8 Å². The molecule has 2 aliphatic rings. The molecule has 2 N–H and O–H groups in total. The maximum Gasteiger partial charge on any atom is 0.305 e. The van der Waals surface area contributed by atoms with E-state index >= 15 is 0 Å². The fourth-order valence-corrected chi connectivity index (χ4v) is 5.74. The molecule has 31 heavy (non-hydrogen) atoms. The van der Waals surface area contributed by atoms with Crippen molar-refractivity contribution in [3.05, 3.63) is 47.5 Å². The summed E-state index contributed by atoms with van der Waals surface area (Å²) in [4.78, 5) is 11.2. The number of carbonyl (C=O) groups excluding carboxylic acids is 1. The molecule has 0 aromatic heterocycles. The smallest absolute Gasteiger partial charge is 0.305 e. The Morgan fingerprint density at radius 3 is 2.58 bits per heavy atom. The zero-order valence-corrected chi connectivity index (χ0v) is 19.3. The number of aliphatic hydroxyl groups is 2. The number of methoxy groups -OCH3 is 1. The van der Waals surface area contributed by atoms with E-state index in [4.69, 9.17) is 11.6 Å². The summed E-state index contributed by atoms with van der Waals surface area (Å²) in [6, 6.07) is 8.19. The van der Waals surface area contributed by atoms with Gasteiger partial charge in [0.1, 0.15) is 0 Å². The third kappa shape index (κ3) is 6.57. The summed E-state index contributed by atoms with van der Waals surface area (Å²) in [5.41, 5.74) is 2.08. The highest BCUT2D eigenvalue weighted by atomic mass is 35.5. The summed E-state index contributed by atoms with van der Waals surface area (Å²) < 4.78 is 4.66. The van der Waals surface area contributed by atoms with Crippen molar-refractivity contribution in [2.24, 2.45) is 11.8 Å². The second-order valence-corrected chi connectivity index (χ2v) is 9.75. The van der Waals surface area contributed by atoms with E-state index in [1.807, 2.05) is 12.1 Å². The van der Waals surface area contributed by atoms with Gasteiger partial charge < -0.3 is 14.9 Å². The Labute approximate surface area is 191 Å². The summed E-state index contributed by atoms with van der Waals surface area (Å²) >= 11 is 6.61. The molecule has 0 aliphatic heterocycles. The highest BCUT2D eigenvalue weighted by molar-refractivity contribution is 6.21. The molecule has 1 aromatic rings. The molecule has 1 aromatic carbocycles. The molecule has 1 unspecified atom stereocenters. The van der Waals surface area contributed by atoms with Crippen molar-refractivity contribution in [3.63, 3.8) is 0 Å². The molecule has 2 saturated carbocycles. The zero-order valence-electron chi connectivity index (χ0n) is 18.6. The van der Waals surface area contributed by atoms with Crippen molar-refractivity contribution in [3.8, 4) is 0 Å². The van der Waals surface area contributed by atoms with Crippen LogP contribution in [0.1, 0.15) is 87.4 Å². The summed E-state index contributed by atoms with van der Waals surface area (Å²) in [6.45, 7) is 0. The first-order chi connectivity index (χ1) is 15.0. The third-order valence-electron chi connectivity index (χ3n) is 7.12. The van der Waals surface area contributed by atoms with Gasteiger partial charge in [-0.1, -0.05) is 55.7 Å². The van der Waals surface area contributed by atoms with Gasteiger partial charge in [0.15, 0.2) is 0 Å². The average Bonchev–Trinajstić information content (AvgIpc) is 3.08. The fourth-order valence-electron chi connectivity index (χ4n) is 5.30. The lowest BCUT2D eigenvalue weighted by Gasteiger charge is -2.27. The standard InChI is InChI=1S/C26H37ClO4/c1-31-24(29)12-8-3-2-7-11-21-22(27)17-23(28)25(21)18-13-15-20(16-14-18)26(30)19-9-5-4-6-10-19/h2,7,13-16,19,21-23,25-26,28,30H,3-6,8-12,17H2,1H3/b7-2-/t21-,22-,23+,25+,26?/m0/s1. The van der Waals surface area contributed by atoms with Crippen LogP contribution in [0.3, 0.4) is 0 Å². The van der Waals surface area contributed by atoms with Crippen LogP contribution in [0.2, 0.25) is 0 Å². The molecule has 2 fully saturated rings. The number of esters is 1. The lowest BCUT2D eigenvalue weighted by atomic mass is 9.81. The number of allylic oxidation sites excluding steroid dienone is 2. The molecular weight excluding hydrogens is 412 g/mol. The van der Waals surface area contributed by atoms with Crippen LogP contribution in [0.15, 0.2) is 36.4 Å². The number of alkyl halides is 1. The first kappa shape index (κ1) is 24.3. The van der Waals surface area contributed by atoms with E-state index in [1.165, 1.54) is 26.4 Å². The Balaban J connectivity index is 1.59. The quantitative estimate of drug-likeness (QED) is 0.221. The highest BCUT2D eigenvalue weighted by Gasteiger charge is 2.41. The second kappa shape index (κ2) is 12.0. The average molecular weight is 449 g/mol. The van der Waals surface area contributed by atoms with Crippen molar-refractivity contribution in [1.29, 1.82) is 0 Å². The Morgan fingerprint density at radius 1 is 1.19 bits per heavy atom. The van der Waals surface area contributed by atoms with Gasteiger partial charge in [-0.15, -0.1) is 11.6 Å². The highest BCUT2D eigenvalue weighted by Crippen LogP contribution is 2.45. The van der Waals surface area contributed by atoms with Crippen LogP contribution >= 0.6 is 11.6 Å². The van der Waals surface area contributed by atoms with E-state index in [9.17, 15) is 15.0 Å². The van der Waals surface area contributed by atoms with Gasteiger partial charge in [-0.2, -0.15) is 0 Å². The van der Waals surface area contributed by atoms with E-state index in [0.29, 0.717) is 18.8 Å². The lowest BCUT2D eigenvalue weighted by Crippen LogP contribution is -2.19. The van der Waals surface area contributed by atoms with Crippen molar-refractivity contribution < 1.29 is 19.7 Å². The Morgan fingerprint density at radius 2 is 1.90 bits per heavy atom. The van der Waals surface area contributed by atoms with Gasteiger partial charge in [0.2, 0.25) is 0 Å². The maximum atomic E-state index is 11.2. The Kier molecular flexibility index (Phi) is 9.43. The minimum atomic E-state index is -0.450. The maximum absolute atomic E-state index is 11.2. The van der Waals surface area contributed by atoms with Crippen LogP contribution in [0.4, 0.5) is 0 Å². The summed E-state index contributed by atoms with van der Waals surface area (Å²) in [5, 5.41) is 21.4. The van der Waals surface area contributed by atoms with Gasteiger partial charge >= 0.3 is 5.97 Å². The van der Waals surface area contributed by atoms with Crippen LogP contribution < -0.4 is 0 Å². The van der Waals surface area contributed by atoms with Gasteiger partial charge in [-0.3, -0.25) is 4.79 Å². The van der Waals surface area contributed by atoms with Crippen molar-refractivity contribution in [2.45, 2.75) is 87.7 Å².